The van der Waals surface area contributed by atoms with Crippen LogP contribution in [0.15, 0.2) is 40.1 Å². The zero-order valence-electron chi connectivity index (χ0n) is 10.8. The van der Waals surface area contributed by atoms with Crippen LogP contribution in [0, 0.1) is 5.82 Å². The average molecular weight is 294 g/mol. The number of carbonyl (C=O) groups is 1. The van der Waals surface area contributed by atoms with Crippen LogP contribution >= 0.6 is 11.3 Å². The molecule has 2 aromatic rings. The topological polar surface area (TPSA) is 60.7 Å². The molecule has 1 aromatic carbocycles. The Bertz CT molecular complexity index is 762. The molecule has 104 valence electrons. The fourth-order valence-electron chi connectivity index (χ4n) is 1.42. The minimum absolute atomic E-state index is 0.163. The smallest absolute Gasteiger partial charge is 0.348 e. The van der Waals surface area contributed by atoms with Gasteiger partial charge in [0, 0.05) is 13.1 Å². The van der Waals surface area contributed by atoms with E-state index in [1.807, 2.05) is 0 Å². The molecule has 5 nitrogen and oxygen atoms in total. The molecule has 0 bridgehead atoms. The number of halogens is 1. The number of ether oxygens (including phenoxy) is 1. The van der Waals surface area contributed by atoms with Crippen LogP contribution in [0.25, 0.3) is 0 Å². The van der Waals surface area contributed by atoms with Gasteiger partial charge in [-0.15, -0.1) is 0 Å². The molecule has 0 aliphatic heterocycles. The summed E-state index contributed by atoms with van der Waals surface area (Å²) in [5.74, 6) is -0.965. The summed E-state index contributed by atoms with van der Waals surface area (Å²) in [5, 5.41) is 0. The quantitative estimate of drug-likeness (QED) is 0.791. The molecule has 0 radical (unpaired) electrons. The van der Waals surface area contributed by atoms with Crippen molar-refractivity contribution in [2.45, 2.75) is 0 Å². The predicted molar refractivity (Wildman–Crippen MR) is 72.5 cm³/mol. The fourth-order valence-corrected chi connectivity index (χ4v) is 2.33. The first-order chi connectivity index (χ1) is 9.51. The Labute approximate surface area is 117 Å². The molecule has 0 saturated carbocycles. The Morgan fingerprint density at radius 2 is 2.00 bits per heavy atom. The normalized spacial score (nSPS) is 11.4. The lowest BCUT2D eigenvalue weighted by Gasteiger charge is -2.01. The van der Waals surface area contributed by atoms with Gasteiger partial charge in [0.2, 0.25) is 0 Å². The highest BCUT2D eigenvalue weighted by Crippen LogP contribution is 2.11. The average Bonchev–Trinajstić information content (AvgIpc) is 2.45. The molecular formula is C13H11FN2O3S. The molecule has 0 aliphatic carbocycles. The summed E-state index contributed by atoms with van der Waals surface area (Å²) in [5.41, 5.74) is 0.115. The molecule has 20 heavy (non-hydrogen) atoms. The molecule has 0 amide bonds. The summed E-state index contributed by atoms with van der Waals surface area (Å²) in [6.45, 7) is 0. The van der Waals surface area contributed by atoms with Crippen LogP contribution < -0.4 is 10.4 Å². The third-order valence-corrected chi connectivity index (χ3v) is 3.56. The zero-order chi connectivity index (χ0) is 14.7. The maximum Gasteiger partial charge on any atom is 0.348 e. The van der Waals surface area contributed by atoms with Gasteiger partial charge in [0.05, 0.1) is 12.8 Å². The van der Waals surface area contributed by atoms with Crippen molar-refractivity contribution >= 4 is 23.0 Å². The van der Waals surface area contributed by atoms with E-state index in [9.17, 15) is 14.0 Å². The molecule has 0 aliphatic rings. The van der Waals surface area contributed by atoms with Crippen molar-refractivity contribution < 1.29 is 13.9 Å². The number of carbonyl (C=O) groups excluding carboxylic acids is 1. The summed E-state index contributed by atoms with van der Waals surface area (Å²) >= 11 is 1.02. The minimum atomic E-state index is -0.594. The van der Waals surface area contributed by atoms with E-state index in [0.717, 1.165) is 11.3 Å². The number of methoxy groups -OCH3 is 1. The van der Waals surface area contributed by atoms with Gasteiger partial charge < -0.3 is 4.74 Å². The highest BCUT2D eigenvalue weighted by atomic mass is 32.1. The van der Waals surface area contributed by atoms with Crippen molar-refractivity contribution in [3.8, 4) is 0 Å². The summed E-state index contributed by atoms with van der Waals surface area (Å²) in [7, 11) is 2.78. The fraction of sp³-hybridized carbons (Fsp3) is 0.154. The third kappa shape index (κ3) is 3.00. The predicted octanol–water partition coefficient (Wildman–Crippen LogP) is 1.60. The largest absolute Gasteiger partial charge is 0.465 e. The molecular weight excluding hydrogens is 283 g/mol. The SMILES string of the molecule is COC(=O)c1cc(=O)n(C)c(=Nc2ccc(F)cc2)s1. The van der Waals surface area contributed by atoms with E-state index in [1.165, 1.54) is 42.0 Å². The van der Waals surface area contributed by atoms with Gasteiger partial charge in [0.15, 0.2) is 4.80 Å². The lowest BCUT2D eigenvalue weighted by Crippen LogP contribution is -2.29. The van der Waals surface area contributed by atoms with E-state index in [4.69, 9.17) is 0 Å². The number of rotatable bonds is 2. The Kier molecular flexibility index (Phi) is 4.09. The molecule has 0 saturated heterocycles. The van der Waals surface area contributed by atoms with Crippen LogP contribution in [0.1, 0.15) is 9.67 Å². The summed E-state index contributed by atoms with van der Waals surface area (Å²) in [6, 6.07) is 6.70. The number of esters is 1. The zero-order valence-corrected chi connectivity index (χ0v) is 11.6. The van der Waals surface area contributed by atoms with E-state index in [1.54, 1.807) is 7.05 Å². The van der Waals surface area contributed by atoms with Crippen molar-refractivity contribution in [1.82, 2.24) is 4.57 Å². The summed E-state index contributed by atoms with van der Waals surface area (Å²) in [4.78, 5) is 28.0. The summed E-state index contributed by atoms with van der Waals surface area (Å²) in [6.07, 6.45) is 0. The van der Waals surface area contributed by atoms with E-state index >= 15 is 0 Å². The second kappa shape index (κ2) is 5.79. The van der Waals surface area contributed by atoms with Gasteiger partial charge in [-0.3, -0.25) is 9.36 Å². The molecule has 0 spiro atoms. The van der Waals surface area contributed by atoms with E-state index in [2.05, 4.69) is 9.73 Å². The van der Waals surface area contributed by atoms with Gasteiger partial charge in [-0.2, -0.15) is 0 Å². The minimum Gasteiger partial charge on any atom is -0.465 e. The van der Waals surface area contributed by atoms with Crippen LogP contribution in [0.4, 0.5) is 10.1 Å². The van der Waals surface area contributed by atoms with E-state index in [0.29, 0.717) is 10.5 Å². The molecule has 0 atom stereocenters. The number of nitrogens with zero attached hydrogens (tertiary/aromatic N) is 2. The van der Waals surface area contributed by atoms with Crippen molar-refractivity contribution in [2.75, 3.05) is 7.11 Å². The third-order valence-electron chi connectivity index (χ3n) is 2.51. The van der Waals surface area contributed by atoms with Gasteiger partial charge in [-0.25, -0.2) is 14.2 Å². The second-order valence-corrected chi connectivity index (χ2v) is 4.88. The first-order valence-electron chi connectivity index (χ1n) is 5.61. The Morgan fingerprint density at radius 1 is 1.35 bits per heavy atom. The highest BCUT2D eigenvalue weighted by Gasteiger charge is 2.09. The van der Waals surface area contributed by atoms with Crippen LogP contribution in [-0.2, 0) is 11.8 Å². The van der Waals surface area contributed by atoms with Crippen LogP contribution in [0.3, 0.4) is 0 Å². The van der Waals surface area contributed by atoms with E-state index in [-0.39, 0.29) is 16.3 Å². The van der Waals surface area contributed by atoms with Gasteiger partial charge >= 0.3 is 5.97 Å². The Balaban J connectivity index is 2.61. The Morgan fingerprint density at radius 3 is 2.60 bits per heavy atom. The van der Waals surface area contributed by atoms with Crippen molar-refractivity contribution in [3.63, 3.8) is 0 Å². The van der Waals surface area contributed by atoms with Gasteiger partial charge in [-0.05, 0) is 24.3 Å². The lowest BCUT2D eigenvalue weighted by molar-refractivity contribution is 0.0606. The van der Waals surface area contributed by atoms with Crippen molar-refractivity contribution in [1.29, 1.82) is 0 Å². The molecule has 2 rings (SSSR count). The summed E-state index contributed by atoms with van der Waals surface area (Å²) < 4.78 is 18.7. The monoisotopic (exact) mass is 294 g/mol. The number of hydrogen-bond acceptors (Lipinski definition) is 5. The highest BCUT2D eigenvalue weighted by molar-refractivity contribution is 7.11. The van der Waals surface area contributed by atoms with Gasteiger partial charge in [0.1, 0.15) is 10.7 Å². The second-order valence-electron chi connectivity index (χ2n) is 3.87. The maximum atomic E-state index is 12.8. The lowest BCUT2D eigenvalue weighted by atomic mass is 10.3. The first-order valence-corrected chi connectivity index (χ1v) is 6.42. The Hall–Kier alpha value is -2.28. The van der Waals surface area contributed by atoms with Crippen LogP contribution in [0.2, 0.25) is 0 Å². The number of hydrogen-bond donors (Lipinski definition) is 0. The number of benzene rings is 1. The van der Waals surface area contributed by atoms with Gasteiger partial charge in [0.25, 0.3) is 5.56 Å². The first kappa shape index (κ1) is 14.1. The molecule has 1 heterocycles. The maximum absolute atomic E-state index is 12.8. The van der Waals surface area contributed by atoms with Gasteiger partial charge in [-0.1, -0.05) is 11.3 Å². The molecule has 0 fully saturated rings. The molecule has 1 aromatic heterocycles. The number of aromatic nitrogens is 1. The molecule has 7 heteroatoms. The van der Waals surface area contributed by atoms with Crippen molar-refractivity contribution in [2.24, 2.45) is 12.0 Å². The van der Waals surface area contributed by atoms with Crippen LogP contribution in [-0.4, -0.2) is 17.6 Å². The molecule has 0 unspecified atom stereocenters. The van der Waals surface area contributed by atoms with Crippen molar-refractivity contribution in [3.05, 3.63) is 56.2 Å². The van der Waals surface area contributed by atoms with Crippen LogP contribution in [0.5, 0.6) is 0 Å². The standard InChI is InChI=1S/C13H11FN2O3S/c1-16-11(17)7-10(12(18)19-2)20-13(16)15-9-5-3-8(14)4-6-9/h3-7H,1-2H3. The van der Waals surface area contributed by atoms with E-state index < -0.39 is 5.97 Å². The molecule has 0 N–H and O–H groups in total.